The van der Waals surface area contributed by atoms with Crippen LogP contribution in [0.5, 0.6) is 17.2 Å². The Balaban J connectivity index is 2.13. The molecule has 0 saturated carbocycles. The normalized spacial score (nSPS) is 11.2. The van der Waals surface area contributed by atoms with Crippen LogP contribution in [0.3, 0.4) is 0 Å². The summed E-state index contributed by atoms with van der Waals surface area (Å²) in [7, 11) is 1.69. The van der Waals surface area contributed by atoms with E-state index in [9.17, 15) is 13.2 Å². The Kier molecular flexibility index (Phi) is 7.72. The van der Waals surface area contributed by atoms with Crippen LogP contribution in [0.1, 0.15) is 5.56 Å². The van der Waals surface area contributed by atoms with Crippen LogP contribution in [0.25, 0.3) is 0 Å². The minimum atomic E-state index is -3.99. The average molecular weight is 443 g/mol. The Labute approximate surface area is 175 Å². The topological polar surface area (TPSA) is 94.2 Å². The van der Waals surface area contributed by atoms with Gasteiger partial charge in [0.15, 0.2) is 0 Å². The van der Waals surface area contributed by atoms with Crippen molar-refractivity contribution in [2.45, 2.75) is 11.4 Å². The lowest BCUT2D eigenvalue weighted by molar-refractivity contribution is -0.121. The number of sulfonamides is 1. The molecule has 0 saturated heterocycles. The van der Waals surface area contributed by atoms with E-state index in [-0.39, 0.29) is 22.2 Å². The first kappa shape index (κ1) is 22.8. The second-order valence-corrected chi connectivity index (χ2v) is 8.42. The van der Waals surface area contributed by atoms with Crippen LogP contribution >= 0.6 is 11.6 Å². The van der Waals surface area contributed by atoms with Crippen LogP contribution < -0.4 is 19.5 Å². The van der Waals surface area contributed by atoms with Crippen molar-refractivity contribution in [3.63, 3.8) is 0 Å². The molecule has 0 radical (unpaired) electrons. The zero-order valence-electron chi connectivity index (χ0n) is 16.6. The third-order valence-electron chi connectivity index (χ3n) is 4.17. The summed E-state index contributed by atoms with van der Waals surface area (Å²) in [6.45, 7) is -0.282. The van der Waals surface area contributed by atoms with Gasteiger partial charge in [0.05, 0.1) is 40.0 Å². The van der Waals surface area contributed by atoms with Gasteiger partial charge in [-0.1, -0.05) is 17.7 Å². The first-order chi connectivity index (χ1) is 13.7. The van der Waals surface area contributed by atoms with Crippen molar-refractivity contribution < 1.29 is 27.4 Å². The largest absolute Gasteiger partial charge is 0.496 e. The van der Waals surface area contributed by atoms with Gasteiger partial charge in [0.2, 0.25) is 15.9 Å². The molecule has 0 heterocycles. The molecule has 0 aliphatic rings. The van der Waals surface area contributed by atoms with Gasteiger partial charge in [-0.15, -0.1) is 0 Å². The molecular weight excluding hydrogens is 420 g/mol. The molecule has 8 nitrogen and oxygen atoms in total. The zero-order valence-corrected chi connectivity index (χ0v) is 18.1. The number of halogens is 1. The molecule has 2 aromatic carbocycles. The molecular formula is C19H23ClN2O6S. The SMILES string of the molecule is COc1ccc(Cl)cc1S(=O)(=O)N(C)CC(=O)NCc1c(OC)cccc1OC. The highest BCUT2D eigenvalue weighted by Gasteiger charge is 2.27. The molecule has 2 aromatic rings. The number of likely N-dealkylation sites (N-methyl/N-ethyl adjacent to an activating group) is 1. The van der Waals surface area contributed by atoms with Crippen LogP contribution in [0.15, 0.2) is 41.3 Å². The fraction of sp³-hybridized carbons (Fsp3) is 0.316. The summed E-state index contributed by atoms with van der Waals surface area (Å²) in [5.74, 6) is 0.744. The Bertz CT molecular complexity index is 958. The molecule has 0 atom stereocenters. The summed E-state index contributed by atoms with van der Waals surface area (Å²) in [5, 5.41) is 2.92. The molecule has 0 aromatic heterocycles. The van der Waals surface area contributed by atoms with Gasteiger partial charge in [-0.05, 0) is 30.3 Å². The van der Waals surface area contributed by atoms with E-state index in [0.29, 0.717) is 17.1 Å². The first-order valence-corrected chi connectivity index (χ1v) is 10.3. The Hall–Kier alpha value is -2.49. The molecule has 1 N–H and O–H groups in total. The van der Waals surface area contributed by atoms with E-state index in [1.165, 1.54) is 46.6 Å². The smallest absolute Gasteiger partial charge is 0.247 e. The summed E-state index contributed by atoms with van der Waals surface area (Å²) < 4.78 is 42.3. The van der Waals surface area contributed by atoms with Crippen molar-refractivity contribution in [2.75, 3.05) is 34.9 Å². The monoisotopic (exact) mass is 442 g/mol. The summed E-state index contributed by atoms with van der Waals surface area (Å²) in [6.07, 6.45) is 0. The number of amides is 1. The maximum Gasteiger partial charge on any atom is 0.247 e. The number of rotatable bonds is 9. The van der Waals surface area contributed by atoms with Crippen molar-refractivity contribution >= 4 is 27.5 Å². The molecule has 0 spiro atoms. The average Bonchev–Trinajstić information content (AvgIpc) is 2.71. The molecule has 10 heteroatoms. The molecule has 29 heavy (non-hydrogen) atoms. The van der Waals surface area contributed by atoms with Crippen LogP contribution in [0.2, 0.25) is 5.02 Å². The second-order valence-electron chi connectivity index (χ2n) is 5.97. The summed E-state index contributed by atoms with van der Waals surface area (Å²) >= 11 is 5.92. The van der Waals surface area contributed by atoms with Gasteiger partial charge in [0, 0.05) is 12.1 Å². The molecule has 0 bridgehead atoms. The third-order valence-corrected chi connectivity index (χ3v) is 6.23. The van der Waals surface area contributed by atoms with E-state index < -0.39 is 22.5 Å². The minimum absolute atomic E-state index is 0.112. The highest BCUT2D eigenvalue weighted by molar-refractivity contribution is 7.89. The third kappa shape index (κ3) is 5.31. The maximum atomic E-state index is 12.8. The Morgan fingerprint density at radius 3 is 2.17 bits per heavy atom. The van der Waals surface area contributed by atoms with E-state index >= 15 is 0 Å². The number of nitrogens with zero attached hydrogens (tertiary/aromatic N) is 1. The maximum absolute atomic E-state index is 12.8. The van der Waals surface area contributed by atoms with Gasteiger partial charge in [0.25, 0.3) is 0 Å². The van der Waals surface area contributed by atoms with E-state index in [0.717, 1.165) is 4.31 Å². The number of methoxy groups -OCH3 is 3. The molecule has 0 fully saturated rings. The second kappa shape index (κ2) is 9.82. The predicted octanol–water partition coefficient (Wildman–Crippen LogP) is 2.30. The Morgan fingerprint density at radius 1 is 1.03 bits per heavy atom. The van der Waals surface area contributed by atoms with Crippen molar-refractivity contribution in [2.24, 2.45) is 0 Å². The quantitative estimate of drug-likeness (QED) is 0.640. The number of carbonyl (C=O) groups excluding carboxylic acids is 1. The summed E-state index contributed by atoms with van der Waals surface area (Å²) in [6, 6.07) is 9.51. The summed E-state index contributed by atoms with van der Waals surface area (Å²) in [5.41, 5.74) is 0.646. The van der Waals surface area contributed by atoms with E-state index in [1.54, 1.807) is 18.2 Å². The highest BCUT2D eigenvalue weighted by atomic mass is 35.5. The van der Waals surface area contributed by atoms with Gasteiger partial charge in [-0.2, -0.15) is 4.31 Å². The zero-order chi connectivity index (χ0) is 21.6. The van der Waals surface area contributed by atoms with Crippen LogP contribution in [-0.4, -0.2) is 53.6 Å². The Morgan fingerprint density at radius 2 is 1.62 bits per heavy atom. The highest BCUT2D eigenvalue weighted by Crippen LogP contribution is 2.29. The van der Waals surface area contributed by atoms with Crippen molar-refractivity contribution in [3.8, 4) is 17.2 Å². The van der Waals surface area contributed by atoms with Gasteiger partial charge in [-0.25, -0.2) is 8.42 Å². The van der Waals surface area contributed by atoms with E-state index in [2.05, 4.69) is 5.32 Å². The fourth-order valence-electron chi connectivity index (χ4n) is 2.65. The van der Waals surface area contributed by atoms with Crippen LogP contribution in [0.4, 0.5) is 0 Å². The number of benzene rings is 2. The number of ether oxygens (including phenoxy) is 3. The van der Waals surface area contributed by atoms with Gasteiger partial charge in [-0.3, -0.25) is 4.79 Å². The number of hydrogen-bond donors (Lipinski definition) is 1. The number of carbonyl (C=O) groups is 1. The molecule has 158 valence electrons. The first-order valence-electron chi connectivity index (χ1n) is 8.51. The molecule has 2 rings (SSSR count). The molecule has 0 unspecified atom stereocenters. The fourth-order valence-corrected chi connectivity index (χ4v) is 4.19. The standard InChI is InChI=1S/C19H23ClN2O6S/c1-22(29(24,25)18-10-13(20)8-9-17(18)28-4)12-19(23)21-11-14-15(26-2)6-5-7-16(14)27-3/h5-10H,11-12H2,1-4H3,(H,21,23). The molecule has 1 amide bonds. The van der Waals surface area contributed by atoms with Gasteiger partial charge >= 0.3 is 0 Å². The van der Waals surface area contributed by atoms with Crippen molar-refractivity contribution in [1.29, 1.82) is 0 Å². The lowest BCUT2D eigenvalue weighted by Gasteiger charge is -2.19. The number of hydrogen-bond acceptors (Lipinski definition) is 6. The van der Waals surface area contributed by atoms with Gasteiger partial charge in [0.1, 0.15) is 22.1 Å². The lowest BCUT2D eigenvalue weighted by Crippen LogP contribution is -2.38. The van der Waals surface area contributed by atoms with Crippen molar-refractivity contribution in [3.05, 3.63) is 47.0 Å². The molecule has 0 aliphatic heterocycles. The minimum Gasteiger partial charge on any atom is -0.496 e. The van der Waals surface area contributed by atoms with Gasteiger partial charge < -0.3 is 19.5 Å². The number of nitrogens with one attached hydrogen (secondary N) is 1. The predicted molar refractivity (Wildman–Crippen MR) is 109 cm³/mol. The van der Waals surface area contributed by atoms with Crippen molar-refractivity contribution in [1.82, 2.24) is 9.62 Å². The van der Waals surface area contributed by atoms with E-state index in [1.807, 2.05) is 0 Å². The van der Waals surface area contributed by atoms with Crippen LogP contribution in [0, 0.1) is 0 Å². The summed E-state index contributed by atoms with van der Waals surface area (Å²) in [4.78, 5) is 12.3. The lowest BCUT2D eigenvalue weighted by atomic mass is 10.1. The molecule has 0 aliphatic carbocycles. The van der Waals surface area contributed by atoms with Crippen LogP contribution in [-0.2, 0) is 21.4 Å². The van der Waals surface area contributed by atoms with E-state index in [4.69, 9.17) is 25.8 Å².